The lowest BCUT2D eigenvalue weighted by Crippen LogP contribution is -2.00. The maximum absolute atomic E-state index is 10.9. The van der Waals surface area contributed by atoms with Crippen LogP contribution in [0.2, 0.25) is 0 Å². The molecule has 0 unspecified atom stereocenters. The highest BCUT2D eigenvalue weighted by Crippen LogP contribution is 2.08. The fraction of sp³-hybridized carbons (Fsp3) is 0.722. The van der Waals surface area contributed by atoms with Gasteiger partial charge in [0.15, 0.2) is 0 Å². The van der Waals surface area contributed by atoms with Gasteiger partial charge in [0.2, 0.25) is 10.5 Å². The first-order chi connectivity index (χ1) is 10.3. The quantitative estimate of drug-likeness (QED) is 0.266. The van der Waals surface area contributed by atoms with Gasteiger partial charge in [-0.1, -0.05) is 63.3 Å². The van der Waals surface area contributed by atoms with E-state index in [1.165, 1.54) is 51.4 Å². The van der Waals surface area contributed by atoms with Crippen molar-refractivity contribution in [3.8, 4) is 0 Å². The van der Waals surface area contributed by atoms with Crippen LogP contribution in [-0.4, -0.2) is 16.5 Å². The second kappa shape index (κ2) is 17.2. The van der Waals surface area contributed by atoms with Crippen LogP contribution in [0.4, 0.5) is 0 Å². The third-order valence-electron chi connectivity index (χ3n) is 3.56. The molecule has 0 spiro atoms. The number of hydrogen-bond donors (Lipinski definition) is 0. The topological polar surface area (TPSA) is 26.3 Å². The molecular formula is C18H34O2Si. The van der Waals surface area contributed by atoms with Crippen molar-refractivity contribution in [2.24, 2.45) is 0 Å². The van der Waals surface area contributed by atoms with Crippen molar-refractivity contribution in [2.75, 3.05) is 0 Å². The highest BCUT2D eigenvalue weighted by atomic mass is 28.2. The average Bonchev–Trinajstić information content (AvgIpc) is 2.50. The monoisotopic (exact) mass is 310 g/mol. The van der Waals surface area contributed by atoms with E-state index < -0.39 is 0 Å². The number of hydrogen-bond acceptors (Lipinski definition) is 2. The third-order valence-corrected chi connectivity index (χ3v) is 4.01. The molecule has 0 fully saturated rings. The summed E-state index contributed by atoms with van der Waals surface area (Å²) < 4.78 is 4.75. The summed E-state index contributed by atoms with van der Waals surface area (Å²) in [6.07, 6.45) is 23.2. The molecule has 0 saturated heterocycles. The Morgan fingerprint density at radius 3 is 2.05 bits per heavy atom. The summed E-state index contributed by atoms with van der Waals surface area (Å²) >= 11 is 0. The number of rotatable bonds is 14. The smallest absolute Gasteiger partial charge is 0.291 e. The van der Waals surface area contributed by atoms with Crippen molar-refractivity contribution >= 4 is 16.5 Å². The van der Waals surface area contributed by atoms with Crippen molar-refractivity contribution < 1.29 is 9.22 Å². The van der Waals surface area contributed by atoms with Crippen LogP contribution in [-0.2, 0) is 9.22 Å². The molecule has 0 rings (SSSR count). The van der Waals surface area contributed by atoms with E-state index in [1.54, 1.807) is 0 Å². The highest BCUT2D eigenvalue weighted by Gasteiger charge is 1.97. The Balaban J connectivity index is 3.20. The van der Waals surface area contributed by atoms with E-state index in [9.17, 15) is 4.79 Å². The van der Waals surface area contributed by atoms with Gasteiger partial charge >= 0.3 is 0 Å². The molecule has 0 aliphatic rings. The maximum atomic E-state index is 10.9. The summed E-state index contributed by atoms with van der Waals surface area (Å²) in [5, 5.41) is 0. The normalized spacial score (nSPS) is 11.7. The molecule has 0 aliphatic carbocycles. The van der Waals surface area contributed by atoms with Gasteiger partial charge in [0.25, 0.3) is 5.97 Å². The van der Waals surface area contributed by atoms with Crippen molar-refractivity contribution in [2.45, 2.75) is 84.0 Å². The third kappa shape index (κ3) is 17.1. The van der Waals surface area contributed by atoms with Crippen molar-refractivity contribution in [3.63, 3.8) is 0 Å². The van der Waals surface area contributed by atoms with Crippen LogP contribution in [0.5, 0.6) is 0 Å². The average molecular weight is 311 g/mol. The van der Waals surface area contributed by atoms with Crippen LogP contribution < -0.4 is 0 Å². The molecule has 0 atom stereocenters. The number of carbonyl (C=O) groups excluding carboxylic acids is 1. The first-order valence-electron chi connectivity index (χ1n) is 8.68. The summed E-state index contributed by atoms with van der Waals surface area (Å²) in [6.45, 7) is 2.24. The Morgan fingerprint density at radius 2 is 1.43 bits per heavy atom. The summed E-state index contributed by atoms with van der Waals surface area (Å²) in [5.74, 6) is -0.0210. The SMILES string of the molecule is CCCCC/C=C\C/C=C\CCCCCCCC(=O)O[SiH3]. The fourth-order valence-corrected chi connectivity index (χ4v) is 2.39. The lowest BCUT2D eigenvalue weighted by Gasteiger charge is -2.00. The highest BCUT2D eigenvalue weighted by molar-refractivity contribution is 6.05. The fourth-order valence-electron chi connectivity index (χ4n) is 2.18. The zero-order chi connectivity index (χ0) is 15.6. The Hall–Kier alpha value is -0.833. The molecule has 0 saturated carbocycles. The van der Waals surface area contributed by atoms with E-state index >= 15 is 0 Å². The molecule has 0 heterocycles. The van der Waals surface area contributed by atoms with Crippen molar-refractivity contribution in [3.05, 3.63) is 24.3 Å². The molecule has 122 valence electrons. The molecule has 0 radical (unpaired) electrons. The van der Waals surface area contributed by atoms with Crippen LogP contribution in [0.15, 0.2) is 24.3 Å². The van der Waals surface area contributed by atoms with E-state index in [1.807, 2.05) is 0 Å². The van der Waals surface area contributed by atoms with Crippen LogP contribution >= 0.6 is 0 Å². The number of allylic oxidation sites excluding steroid dienone is 4. The molecule has 3 heteroatoms. The predicted octanol–water partition coefficient (Wildman–Crippen LogP) is 4.62. The van der Waals surface area contributed by atoms with E-state index in [2.05, 4.69) is 31.2 Å². The second-order valence-electron chi connectivity index (χ2n) is 5.56. The molecule has 0 aromatic heterocycles. The molecule has 2 nitrogen and oxygen atoms in total. The minimum atomic E-state index is -0.0210. The van der Waals surface area contributed by atoms with Gasteiger partial charge in [-0.05, 0) is 38.5 Å². The van der Waals surface area contributed by atoms with Crippen LogP contribution in [0, 0.1) is 0 Å². The van der Waals surface area contributed by atoms with Gasteiger partial charge in [0.05, 0.1) is 0 Å². The van der Waals surface area contributed by atoms with Crippen molar-refractivity contribution in [1.82, 2.24) is 0 Å². The molecule has 21 heavy (non-hydrogen) atoms. The Bertz CT molecular complexity index is 285. The molecule has 0 amide bonds. The van der Waals surface area contributed by atoms with Gasteiger partial charge in [0.1, 0.15) is 0 Å². The van der Waals surface area contributed by atoms with Gasteiger partial charge in [-0.2, -0.15) is 0 Å². The van der Waals surface area contributed by atoms with Gasteiger partial charge in [-0.15, -0.1) is 0 Å². The zero-order valence-corrected chi connectivity index (χ0v) is 16.1. The summed E-state index contributed by atoms with van der Waals surface area (Å²) in [4.78, 5) is 10.9. The van der Waals surface area contributed by atoms with Crippen LogP contribution in [0.1, 0.15) is 84.0 Å². The molecule has 0 N–H and O–H groups in total. The largest absolute Gasteiger partial charge is 0.529 e. The van der Waals surface area contributed by atoms with Crippen LogP contribution in [0.25, 0.3) is 0 Å². The van der Waals surface area contributed by atoms with E-state index in [-0.39, 0.29) is 5.97 Å². The van der Waals surface area contributed by atoms with E-state index in [4.69, 9.17) is 4.43 Å². The summed E-state index contributed by atoms with van der Waals surface area (Å²) in [6, 6.07) is 0. The molecule has 0 aliphatic heterocycles. The summed E-state index contributed by atoms with van der Waals surface area (Å²) in [7, 11) is 0.532. The van der Waals surface area contributed by atoms with Gasteiger partial charge in [-0.25, -0.2) is 0 Å². The Morgan fingerprint density at radius 1 is 0.857 bits per heavy atom. The molecule has 0 aromatic carbocycles. The maximum Gasteiger partial charge on any atom is 0.291 e. The summed E-state index contributed by atoms with van der Waals surface area (Å²) in [5.41, 5.74) is 0. The Labute approximate surface area is 134 Å². The first kappa shape index (κ1) is 20.2. The van der Waals surface area contributed by atoms with Gasteiger partial charge in [-0.3, -0.25) is 4.79 Å². The van der Waals surface area contributed by atoms with Gasteiger partial charge < -0.3 is 4.43 Å². The molecule has 0 aromatic rings. The van der Waals surface area contributed by atoms with Crippen molar-refractivity contribution in [1.29, 1.82) is 0 Å². The molecular weight excluding hydrogens is 276 g/mol. The number of unbranched alkanes of at least 4 members (excludes halogenated alkanes) is 8. The van der Waals surface area contributed by atoms with E-state index in [0.717, 1.165) is 19.3 Å². The second-order valence-corrected chi connectivity index (χ2v) is 5.97. The van der Waals surface area contributed by atoms with E-state index in [0.29, 0.717) is 16.9 Å². The minimum absolute atomic E-state index is 0.0210. The lowest BCUT2D eigenvalue weighted by molar-refractivity contribution is -0.134. The predicted molar refractivity (Wildman–Crippen MR) is 95.4 cm³/mol. The Kier molecular flexibility index (Phi) is 16.5. The molecule has 0 bridgehead atoms. The minimum Gasteiger partial charge on any atom is -0.529 e. The standard InChI is InChI=1S/C18H34O2Si/c1-2-3-4-5-6-7-8-9-10-11-12-13-14-15-16-17-18(19)20-21/h6-7,9-10H,2-5,8,11-17H2,1,21H3/b7-6-,10-9-. The number of carbonyl (C=O) groups is 1. The first-order valence-corrected chi connectivity index (χ1v) is 9.49. The lowest BCUT2D eigenvalue weighted by atomic mass is 10.1. The zero-order valence-electron chi connectivity index (χ0n) is 14.1. The van der Waals surface area contributed by atoms with Crippen LogP contribution in [0.3, 0.4) is 0 Å². The van der Waals surface area contributed by atoms with Gasteiger partial charge in [0, 0.05) is 6.42 Å².